The van der Waals surface area contributed by atoms with Crippen molar-refractivity contribution in [1.29, 1.82) is 0 Å². The molecule has 0 atom stereocenters. The lowest BCUT2D eigenvalue weighted by molar-refractivity contribution is 0.0967. The molecule has 0 amide bonds. The van der Waals surface area contributed by atoms with Crippen LogP contribution in [0.1, 0.15) is 30.6 Å². The van der Waals surface area contributed by atoms with Crippen molar-refractivity contribution in [2.45, 2.75) is 20.3 Å². The zero-order chi connectivity index (χ0) is 20.6. The second kappa shape index (κ2) is 8.34. The molecule has 2 aromatic carbocycles. The van der Waals surface area contributed by atoms with E-state index in [9.17, 15) is 9.59 Å². The summed E-state index contributed by atoms with van der Waals surface area (Å²) in [6.45, 7) is 3.80. The molecule has 0 bridgehead atoms. The molecule has 0 aliphatic carbocycles. The second-order valence-electron chi connectivity index (χ2n) is 6.75. The smallest absolute Gasteiger partial charge is 0.203 e. The Morgan fingerprint density at radius 3 is 2.36 bits per heavy atom. The predicted molar refractivity (Wildman–Crippen MR) is 118 cm³/mol. The fourth-order valence-electron chi connectivity index (χ4n) is 2.88. The molecule has 1 aromatic heterocycles. The molecule has 0 spiro atoms. The fourth-order valence-corrected chi connectivity index (χ4v) is 3.67. The number of hydrogen-bond donors (Lipinski definition) is 2. The number of rotatable bonds is 5. The summed E-state index contributed by atoms with van der Waals surface area (Å²) in [5.41, 5.74) is 0.260. The third-order valence-corrected chi connectivity index (χ3v) is 5.31. The molecule has 0 fully saturated rings. The normalized spacial score (nSPS) is 11.2. The zero-order valence-corrected chi connectivity index (χ0v) is 18.0. The van der Waals surface area contributed by atoms with Gasteiger partial charge in [-0.3, -0.25) is 9.59 Å². The summed E-state index contributed by atoms with van der Waals surface area (Å²) in [6.07, 6.45) is 0.199. The topological polar surface area (TPSA) is 62.0 Å². The Bertz CT molecular complexity index is 1140. The molecular formula is C20H16Cl4N2O2. The van der Waals surface area contributed by atoms with Gasteiger partial charge in [0, 0.05) is 11.4 Å². The number of carbonyl (C=O) groups is 1. The summed E-state index contributed by atoms with van der Waals surface area (Å²) in [7, 11) is 0. The molecule has 3 rings (SSSR count). The van der Waals surface area contributed by atoms with Crippen LogP contribution in [0.3, 0.4) is 0 Å². The number of benzene rings is 2. The molecule has 8 heteroatoms. The Labute approximate surface area is 181 Å². The van der Waals surface area contributed by atoms with Crippen molar-refractivity contribution in [2.24, 2.45) is 5.92 Å². The van der Waals surface area contributed by atoms with Crippen LogP contribution in [0.5, 0.6) is 0 Å². The molecule has 0 unspecified atom stereocenters. The van der Waals surface area contributed by atoms with Crippen LogP contribution in [0.2, 0.25) is 20.1 Å². The SMILES string of the molecule is CC(C)CC(=O)c1c(Nc2cc(Cl)ccc2Cl)[nH]c2c(Cl)ccc(Cl)c2c1=O. The lowest BCUT2D eigenvalue weighted by Gasteiger charge is -2.15. The van der Waals surface area contributed by atoms with E-state index in [1.165, 1.54) is 6.07 Å². The number of nitrogens with one attached hydrogen (secondary N) is 2. The molecule has 1 heterocycles. The second-order valence-corrected chi connectivity index (χ2v) is 8.41. The number of fused-ring (bicyclic) bond motifs is 1. The fraction of sp³-hybridized carbons (Fsp3) is 0.200. The zero-order valence-electron chi connectivity index (χ0n) is 15.0. The highest BCUT2D eigenvalue weighted by Crippen LogP contribution is 2.32. The number of aromatic amines is 1. The number of aromatic nitrogens is 1. The number of pyridine rings is 1. The van der Waals surface area contributed by atoms with Crippen molar-refractivity contribution in [3.63, 3.8) is 0 Å². The first-order valence-electron chi connectivity index (χ1n) is 8.48. The minimum Gasteiger partial charge on any atom is -0.340 e. The molecule has 0 saturated carbocycles. The highest BCUT2D eigenvalue weighted by molar-refractivity contribution is 6.40. The van der Waals surface area contributed by atoms with Gasteiger partial charge in [-0.1, -0.05) is 60.3 Å². The molecule has 0 aliphatic heterocycles. The Morgan fingerprint density at radius 2 is 1.68 bits per heavy atom. The van der Waals surface area contributed by atoms with E-state index in [0.717, 1.165) is 0 Å². The Balaban J connectivity index is 2.30. The van der Waals surface area contributed by atoms with Gasteiger partial charge in [-0.05, 0) is 36.2 Å². The predicted octanol–water partition coefficient (Wildman–Crippen LogP) is 7.11. The van der Waals surface area contributed by atoms with Crippen LogP contribution in [0, 0.1) is 5.92 Å². The maximum Gasteiger partial charge on any atom is 0.203 e. The van der Waals surface area contributed by atoms with E-state index in [0.29, 0.717) is 26.3 Å². The molecule has 146 valence electrons. The van der Waals surface area contributed by atoms with Crippen molar-refractivity contribution in [2.75, 3.05) is 5.32 Å². The molecule has 4 nitrogen and oxygen atoms in total. The summed E-state index contributed by atoms with van der Waals surface area (Å²) >= 11 is 24.8. The number of hydrogen-bond acceptors (Lipinski definition) is 3. The van der Waals surface area contributed by atoms with Gasteiger partial charge < -0.3 is 10.3 Å². The lowest BCUT2D eigenvalue weighted by Crippen LogP contribution is -2.21. The number of Topliss-reactive ketones (excluding diaryl/α,β-unsaturated/α-hetero) is 1. The van der Waals surface area contributed by atoms with Gasteiger partial charge >= 0.3 is 0 Å². The Kier molecular flexibility index (Phi) is 6.25. The lowest BCUT2D eigenvalue weighted by atomic mass is 9.99. The summed E-state index contributed by atoms with van der Waals surface area (Å²) in [5, 5.41) is 4.54. The van der Waals surface area contributed by atoms with Crippen LogP contribution < -0.4 is 10.7 Å². The van der Waals surface area contributed by atoms with E-state index in [-0.39, 0.29) is 39.9 Å². The maximum absolute atomic E-state index is 13.2. The van der Waals surface area contributed by atoms with E-state index < -0.39 is 5.43 Å². The van der Waals surface area contributed by atoms with Gasteiger partial charge in [0.05, 0.1) is 31.7 Å². The van der Waals surface area contributed by atoms with E-state index in [1.807, 2.05) is 13.8 Å². The summed E-state index contributed by atoms with van der Waals surface area (Å²) in [4.78, 5) is 29.1. The van der Waals surface area contributed by atoms with E-state index in [4.69, 9.17) is 46.4 Å². The monoisotopic (exact) mass is 456 g/mol. The number of carbonyl (C=O) groups excluding carboxylic acids is 1. The minimum atomic E-state index is -0.493. The molecule has 0 saturated heterocycles. The first-order chi connectivity index (χ1) is 13.2. The van der Waals surface area contributed by atoms with Gasteiger partial charge in [0.1, 0.15) is 11.4 Å². The van der Waals surface area contributed by atoms with E-state index >= 15 is 0 Å². The third kappa shape index (κ3) is 4.15. The Morgan fingerprint density at radius 1 is 1.04 bits per heavy atom. The summed E-state index contributed by atoms with van der Waals surface area (Å²) in [5.74, 6) is -0.0497. The van der Waals surface area contributed by atoms with Gasteiger partial charge in [0.2, 0.25) is 5.43 Å². The molecule has 2 N–H and O–H groups in total. The van der Waals surface area contributed by atoms with E-state index in [2.05, 4.69) is 10.3 Å². The van der Waals surface area contributed by atoms with Crippen LogP contribution in [0.15, 0.2) is 35.1 Å². The van der Waals surface area contributed by atoms with Crippen molar-refractivity contribution < 1.29 is 4.79 Å². The summed E-state index contributed by atoms with van der Waals surface area (Å²) < 4.78 is 0. The molecule has 3 aromatic rings. The van der Waals surface area contributed by atoms with Crippen molar-refractivity contribution in [3.8, 4) is 0 Å². The van der Waals surface area contributed by atoms with Gasteiger partial charge in [-0.25, -0.2) is 0 Å². The van der Waals surface area contributed by atoms with Gasteiger partial charge in [-0.2, -0.15) is 0 Å². The minimum absolute atomic E-state index is 0.0265. The quantitative estimate of drug-likeness (QED) is 0.401. The van der Waals surface area contributed by atoms with Crippen molar-refractivity contribution in [1.82, 2.24) is 4.98 Å². The first kappa shape index (κ1) is 21.0. The number of halogens is 4. The van der Waals surface area contributed by atoms with Crippen molar-refractivity contribution in [3.05, 3.63) is 66.2 Å². The first-order valence-corrected chi connectivity index (χ1v) is 9.99. The third-order valence-electron chi connectivity index (χ3n) is 4.12. The van der Waals surface area contributed by atoms with Crippen LogP contribution >= 0.6 is 46.4 Å². The Hall–Kier alpha value is -1.72. The van der Waals surface area contributed by atoms with Crippen LogP contribution in [0.4, 0.5) is 11.5 Å². The maximum atomic E-state index is 13.2. The highest BCUT2D eigenvalue weighted by atomic mass is 35.5. The van der Waals surface area contributed by atoms with Crippen LogP contribution in [-0.2, 0) is 0 Å². The molecule has 28 heavy (non-hydrogen) atoms. The largest absolute Gasteiger partial charge is 0.340 e. The molecule has 0 radical (unpaired) electrons. The van der Waals surface area contributed by atoms with Crippen LogP contribution in [0.25, 0.3) is 10.9 Å². The molecule has 0 aliphatic rings. The number of H-pyrrole nitrogens is 1. The van der Waals surface area contributed by atoms with Crippen LogP contribution in [-0.4, -0.2) is 10.8 Å². The molecular weight excluding hydrogens is 442 g/mol. The standard InChI is InChI=1S/C20H16Cl4N2O2/c1-9(2)7-15(27)17-19(28)16-12(23)5-6-13(24)18(16)26-20(17)25-14-8-10(21)3-4-11(14)22/h3-6,8-9H,7H2,1-2H3,(H2,25,26,28). The van der Waals surface area contributed by atoms with Gasteiger partial charge in [-0.15, -0.1) is 0 Å². The van der Waals surface area contributed by atoms with E-state index in [1.54, 1.807) is 24.3 Å². The van der Waals surface area contributed by atoms with Crippen molar-refractivity contribution >= 4 is 74.6 Å². The van der Waals surface area contributed by atoms with Gasteiger partial charge in [0.15, 0.2) is 5.78 Å². The highest BCUT2D eigenvalue weighted by Gasteiger charge is 2.23. The number of anilines is 2. The number of ketones is 1. The average molecular weight is 458 g/mol. The van der Waals surface area contributed by atoms with Gasteiger partial charge in [0.25, 0.3) is 0 Å². The summed E-state index contributed by atoms with van der Waals surface area (Å²) in [6, 6.07) is 7.96. The average Bonchev–Trinajstić information content (AvgIpc) is 2.60.